The van der Waals surface area contributed by atoms with E-state index in [0.29, 0.717) is 17.8 Å². The topological polar surface area (TPSA) is 45.2 Å². The number of nitrogens with zero attached hydrogens (tertiary/aromatic N) is 2. The Morgan fingerprint density at radius 3 is 2.62 bits per heavy atom. The first kappa shape index (κ1) is 15.8. The van der Waals surface area contributed by atoms with Crippen molar-refractivity contribution in [3.05, 3.63) is 23.4 Å². The summed E-state index contributed by atoms with van der Waals surface area (Å²) in [5, 5.41) is 3.05. The molecule has 0 saturated carbocycles. The molecule has 1 amide bonds. The van der Waals surface area contributed by atoms with E-state index in [-0.39, 0.29) is 5.91 Å². The maximum absolute atomic E-state index is 12.8. The third-order valence-corrected chi connectivity index (χ3v) is 4.56. The molecule has 4 nitrogen and oxygen atoms in total. The van der Waals surface area contributed by atoms with Gasteiger partial charge in [0, 0.05) is 31.4 Å². The number of carbonyl (C=O) groups excluding carboxylic acids is 1. The average molecular weight is 289 g/mol. The van der Waals surface area contributed by atoms with Crippen molar-refractivity contribution in [3.8, 4) is 0 Å². The number of nitrogens with one attached hydrogen (secondary N) is 1. The summed E-state index contributed by atoms with van der Waals surface area (Å²) in [5.74, 6) is 2.48. The maximum atomic E-state index is 12.8. The van der Waals surface area contributed by atoms with E-state index >= 15 is 0 Å². The van der Waals surface area contributed by atoms with Crippen molar-refractivity contribution in [2.24, 2.45) is 11.8 Å². The second kappa shape index (κ2) is 6.46. The summed E-state index contributed by atoms with van der Waals surface area (Å²) in [5.41, 5.74) is 1.71. The minimum absolute atomic E-state index is 0.134. The van der Waals surface area contributed by atoms with Crippen LogP contribution >= 0.6 is 0 Å². The number of piperidine rings is 1. The third kappa shape index (κ3) is 3.55. The molecule has 1 N–H and O–H groups in total. The fourth-order valence-electron chi connectivity index (χ4n) is 2.73. The minimum atomic E-state index is 0.134. The van der Waals surface area contributed by atoms with Gasteiger partial charge >= 0.3 is 0 Å². The molecule has 2 rings (SSSR count). The van der Waals surface area contributed by atoms with Crippen LogP contribution in [0.25, 0.3) is 0 Å². The SMILES string of the molecule is CNc1cc(C(=O)N2CCC(C)C(C)C2)cc(C(C)C)n1. The molecule has 0 aliphatic carbocycles. The number of rotatable bonds is 3. The average Bonchev–Trinajstić information content (AvgIpc) is 2.48. The molecule has 4 heteroatoms. The number of pyridine rings is 1. The molecule has 0 spiro atoms. The Kier molecular flexibility index (Phi) is 4.86. The highest BCUT2D eigenvalue weighted by Gasteiger charge is 2.27. The molecule has 1 fully saturated rings. The molecule has 1 aliphatic rings. The summed E-state index contributed by atoms with van der Waals surface area (Å²) < 4.78 is 0. The van der Waals surface area contributed by atoms with Gasteiger partial charge in [-0.2, -0.15) is 0 Å². The lowest BCUT2D eigenvalue weighted by Gasteiger charge is -2.35. The van der Waals surface area contributed by atoms with Gasteiger partial charge in [0.1, 0.15) is 5.82 Å². The van der Waals surface area contributed by atoms with Gasteiger partial charge in [-0.15, -0.1) is 0 Å². The molecule has 0 bridgehead atoms. The zero-order valence-corrected chi connectivity index (χ0v) is 13.8. The van der Waals surface area contributed by atoms with Crippen LogP contribution in [0.3, 0.4) is 0 Å². The summed E-state index contributed by atoms with van der Waals surface area (Å²) in [7, 11) is 1.84. The molecular weight excluding hydrogens is 262 g/mol. The molecule has 2 unspecified atom stereocenters. The minimum Gasteiger partial charge on any atom is -0.373 e. The van der Waals surface area contributed by atoms with Crippen LogP contribution in [0.2, 0.25) is 0 Å². The summed E-state index contributed by atoms with van der Waals surface area (Å²) in [6.07, 6.45) is 1.09. The fourth-order valence-corrected chi connectivity index (χ4v) is 2.73. The molecule has 1 saturated heterocycles. The lowest BCUT2D eigenvalue weighted by molar-refractivity contribution is 0.0627. The molecule has 21 heavy (non-hydrogen) atoms. The van der Waals surface area contributed by atoms with Gasteiger partial charge in [-0.05, 0) is 36.3 Å². The summed E-state index contributed by atoms with van der Waals surface area (Å²) in [4.78, 5) is 19.3. The van der Waals surface area contributed by atoms with Crippen LogP contribution < -0.4 is 5.32 Å². The van der Waals surface area contributed by atoms with E-state index in [4.69, 9.17) is 0 Å². The second-order valence-corrected chi connectivity index (χ2v) is 6.57. The van der Waals surface area contributed by atoms with Crippen LogP contribution in [0.1, 0.15) is 56.1 Å². The Morgan fingerprint density at radius 1 is 1.33 bits per heavy atom. The van der Waals surface area contributed by atoms with Crippen molar-refractivity contribution in [2.45, 2.75) is 40.0 Å². The maximum Gasteiger partial charge on any atom is 0.254 e. The Labute approximate surface area is 127 Å². The summed E-state index contributed by atoms with van der Waals surface area (Å²) in [6.45, 7) is 10.4. The van der Waals surface area contributed by atoms with Crippen LogP contribution in [0.5, 0.6) is 0 Å². The molecule has 116 valence electrons. The first-order valence-electron chi connectivity index (χ1n) is 7.91. The Balaban J connectivity index is 2.24. The van der Waals surface area contributed by atoms with Gasteiger partial charge < -0.3 is 10.2 Å². The molecule has 2 atom stereocenters. The monoisotopic (exact) mass is 289 g/mol. The number of hydrogen-bond acceptors (Lipinski definition) is 3. The highest BCUT2D eigenvalue weighted by atomic mass is 16.2. The van der Waals surface area contributed by atoms with E-state index in [2.05, 4.69) is 38.0 Å². The van der Waals surface area contributed by atoms with E-state index in [9.17, 15) is 4.79 Å². The van der Waals surface area contributed by atoms with Crippen LogP contribution in [0.4, 0.5) is 5.82 Å². The van der Waals surface area contributed by atoms with Crippen molar-refractivity contribution in [2.75, 3.05) is 25.5 Å². The fraction of sp³-hybridized carbons (Fsp3) is 0.647. The smallest absolute Gasteiger partial charge is 0.254 e. The van der Waals surface area contributed by atoms with E-state index < -0.39 is 0 Å². The Hall–Kier alpha value is -1.58. The van der Waals surface area contributed by atoms with Crippen molar-refractivity contribution >= 4 is 11.7 Å². The van der Waals surface area contributed by atoms with Gasteiger partial charge in [-0.25, -0.2) is 4.98 Å². The number of likely N-dealkylation sites (tertiary alicyclic amines) is 1. The Morgan fingerprint density at radius 2 is 2.05 bits per heavy atom. The predicted octanol–water partition coefficient (Wildman–Crippen LogP) is 3.36. The van der Waals surface area contributed by atoms with Crippen LogP contribution in [-0.2, 0) is 0 Å². The highest BCUT2D eigenvalue weighted by Crippen LogP contribution is 2.25. The number of anilines is 1. The van der Waals surface area contributed by atoms with Crippen molar-refractivity contribution < 1.29 is 4.79 Å². The van der Waals surface area contributed by atoms with E-state index in [1.807, 2.05) is 24.1 Å². The lowest BCUT2D eigenvalue weighted by Crippen LogP contribution is -2.42. The van der Waals surface area contributed by atoms with E-state index in [0.717, 1.165) is 36.6 Å². The van der Waals surface area contributed by atoms with Gasteiger partial charge in [-0.1, -0.05) is 27.7 Å². The Bertz CT molecular complexity index is 513. The zero-order valence-electron chi connectivity index (χ0n) is 13.8. The van der Waals surface area contributed by atoms with Crippen molar-refractivity contribution in [1.82, 2.24) is 9.88 Å². The molecule has 1 aliphatic heterocycles. The largest absolute Gasteiger partial charge is 0.373 e. The molecule has 1 aromatic heterocycles. The van der Waals surface area contributed by atoms with Gasteiger partial charge in [0.15, 0.2) is 0 Å². The van der Waals surface area contributed by atoms with Crippen molar-refractivity contribution in [3.63, 3.8) is 0 Å². The quantitative estimate of drug-likeness (QED) is 0.928. The molecule has 0 radical (unpaired) electrons. The number of carbonyl (C=O) groups is 1. The van der Waals surface area contributed by atoms with Crippen molar-refractivity contribution in [1.29, 1.82) is 0 Å². The third-order valence-electron chi connectivity index (χ3n) is 4.56. The van der Waals surface area contributed by atoms with Gasteiger partial charge in [-0.3, -0.25) is 4.79 Å². The number of aromatic nitrogens is 1. The van der Waals surface area contributed by atoms with Crippen LogP contribution in [0.15, 0.2) is 12.1 Å². The number of hydrogen-bond donors (Lipinski definition) is 1. The number of amides is 1. The summed E-state index contributed by atoms with van der Waals surface area (Å²) >= 11 is 0. The molecule has 2 heterocycles. The van der Waals surface area contributed by atoms with Gasteiger partial charge in [0.25, 0.3) is 5.91 Å². The molecule has 1 aromatic rings. The van der Waals surface area contributed by atoms with Crippen LogP contribution in [-0.4, -0.2) is 35.9 Å². The first-order valence-corrected chi connectivity index (χ1v) is 7.91. The lowest BCUT2D eigenvalue weighted by atomic mass is 9.88. The van der Waals surface area contributed by atoms with E-state index in [1.54, 1.807) is 0 Å². The summed E-state index contributed by atoms with van der Waals surface area (Å²) in [6, 6.07) is 3.80. The second-order valence-electron chi connectivity index (χ2n) is 6.57. The van der Waals surface area contributed by atoms with Gasteiger partial charge in [0.2, 0.25) is 0 Å². The highest BCUT2D eigenvalue weighted by molar-refractivity contribution is 5.95. The predicted molar refractivity (Wildman–Crippen MR) is 86.7 cm³/mol. The zero-order chi connectivity index (χ0) is 15.6. The first-order chi connectivity index (χ1) is 9.92. The van der Waals surface area contributed by atoms with E-state index in [1.165, 1.54) is 0 Å². The normalized spacial score (nSPS) is 22.5. The molecular formula is C17H27N3O. The standard InChI is InChI=1S/C17H27N3O/c1-11(2)15-8-14(9-16(18-5)19-15)17(21)20-7-6-12(3)13(4)10-20/h8-9,11-13H,6-7,10H2,1-5H3,(H,18,19). The molecule has 0 aromatic carbocycles. The van der Waals surface area contributed by atoms with Gasteiger partial charge in [0.05, 0.1) is 0 Å². The van der Waals surface area contributed by atoms with Crippen LogP contribution in [0, 0.1) is 11.8 Å².